The molecule has 1 aromatic rings. The first-order valence-corrected chi connectivity index (χ1v) is 7.83. The maximum absolute atomic E-state index is 12.2. The van der Waals surface area contributed by atoms with Crippen LogP contribution in [0.5, 0.6) is 0 Å². The number of hydrogen-bond donors (Lipinski definition) is 3. The topological polar surface area (TPSA) is 53.2 Å². The molecule has 3 N–H and O–H groups in total. The van der Waals surface area contributed by atoms with Gasteiger partial charge in [-0.2, -0.15) is 0 Å². The Morgan fingerprint density at radius 1 is 1.14 bits per heavy atom. The molecule has 1 rings (SSSR count). The molecule has 1 amide bonds. The summed E-state index contributed by atoms with van der Waals surface area (Å²) < 4.78 is 0. The quantitative estimate of drug-likeness (QED) is 0.575. The number of hydrogen-bond acceptors (Lipinski definition) is 3. The molecule has 0 unspecified atom stereocenters. The van der Waals surface area contributed by atoms with E-state index in [-0.39, 0.29) is 18.0 Å². The number of nitrogens with one attached hydrogen (secondary N) is 3. The van der Waals surface area contributed by atoms with E-state index in [0.29, 0.717) is 0 Å². The largest absolute Gasteiger partial charge is 0.352 e. The van der Waals surface area contributed by atoms with Gasteiger partial charge in [-0.05, 0) is 52.4 Å². The van der Waals surface area contributed by atoms with E-state index in [4.69, 9.17) is 0 Å². The molecular formula is C17H29N3O. The summed E-state index contributed by atoms with van der Waals surface area (Å²) in [5.74, 6) is 0.102. The fourth-order valence-electron chi connectivity index (χ4n) is 2.42. The predicted octanol–water partition coefficient (Wildman–Crippen LogP) is 1.71. The molecule has 21 heavy (non-hydrogen) atoms. The van der Waals surface area contributed by atoms with Crippen molar-refractivity contribution in [2.45, 2.75) is 44.7 Å². The molecule has 0 aliphatic carbocycles. The molecule has 0 fully saturated rings. The molecule has 0 saturated heterocycles. The summed E-state index contributed by atoms with van der Waals surface area (Å²) in [6.45, 7) is 3.06. The van der Waals surface area contributed by atoms with Crippen LogP contribution < -0.4 is 16.0 Å². The highest BCUT2D eigenvalue weighted by Gasteiger charge is 2.17. The van der Waals surface area contributed by atoms with Crippen LogP contribution in [0.1, 0.15) is 31.7 Å². The van der Waals surface area contributed by atoms with Crippen molar-refractivity contribution in [2.24, 2.45) is 0 Å². The van der Waals surface area contributed by atoms with Crippen molar-refractivity contribution in [3.8, 4) is 0 Å². The van der Waals surface area contributed by atoms with E-state index in [2.05, 4.69) is 35.0 Å². The Bertz CT molecular complexity index is 394. The van der Waals surface area contributed by atoms with E-state index in [9.17, 15) is 4.79 Å². The van der Waals surface area contributed by atoms with Gasteiger partial charge in [-0.25, -0.2) is 0 Å². The minimum atomic E-state index is -0.0971. The highest BCUT2D eigenvalue weighted by atomic mass is 16.2. The first kappa shape index (κ1) is 17.7. The van der Waals surface area contributed by atoms with Crippen molar-refractivity contribution >= 4 is 5.91 Å². The average molecular weight is 291 g/mol. The monoisotopic (exact) mass is 291 g/mol. The lowest BCUT2D eigenvalue weighted by Crippen LogP contribution is -2.46. The molecule has 0 saturated carbocycles. The summed E-state index contributed by atoms with van der Waals surface area (Å²) in [7, 11) is 3.80. The fraction of sp³-hybridized carbons (Fsp3) is 0.588. The number of carbonyl (C=O) groups excluding carboxylic acids is 1. The normalized spacial score (nSPS) is 13.7. The average Bonchev–Trinajstić information content (AvgIpc) is 2.48. The smallest absolute Gasteiger partial charge is 0.237 e. The summed E-state index contributed by atoms with van der Waals surface area (Å²) in [6.07, 6.45) is 3.89. The summed E-state index contributed by atoms with van der Waals surface area (Å²) in [5, 5.41) is 9.35. The standard InChI is InChI=1S/C17H29N3O/c1-14(13-15-9-5-4-6-10-15)20-17(21)16(19-3)11-7-8-12-18-2/h4-6,9-10,14,16,18-19H,7-8,11-13H2,1-3H3,(H,20,21)/t14-,16-/m0/s1. The van der Waals surface area contributed by atoms with Crippen LogP contribution in [0.4, 0.5) is 0 Å². The Kier molecular flexibility index (Phi) is 8.71. The van der Waals surface area contributed by atoms with Crippen molar-refractivity contribution in [3.05, 3.63) is 35.9 Å². The molecule has 0 radical (unpaired) electrons. The third-order valence-corrected chi connectivity index (χ3v) is 3.61. The van der Waals surface area contributed by atoms with Gasteiger partial charge in [0.1, 0.15) is 0 Å². The zero-order valence-electron chi connectivity index (χ0n) is 13.5. The van der Waals surface area contributed by atoms with Crippen molar-refractivity contribution < 1.29 is 4.79 Å². The first-order chi connectivity index (χ1) is 10.2. The SMILES string of the molecule is CNCCCC[C@H](NC)C(=O)N[C@@H](C)Cc1ccccc1. The van der Waals surface area contributed by atoms with Crippen molar-refractivity contribution in [3.63, 3.8) is 0 Å². The lowest BCUT2D eigenvalue weighted by Gasteiger charge is -2.20. The summed E-state index contributed by atoms with van der Waals surface area (Å²) in [6, 6.07) is 10.3. The first-order valence-electron chi connectivity index (χ1n) is 7.83. The van der Waals surface area contributed by atoms with Crippen molar-refractivity contribution in [1.82, 2.24) is 16.0 Å². The van der Waals surface area contributed by atoms with Crippen LogP contribution in [-0.4, -0.2) is 38.6 Å². The summed E-state index contributed by atoms with van der Waals surface area (Å²) in [4.78, 5) is 12.2. The van der Waals surface area contributed by atoms with E-state index in [1.165, 1.54) is 5.56 Å². The second-order valence-electron chi connectivity index (χ2n) is 5.54. The van der Waals surface area contributed by atoms with Crippen LogP contribution in [0.3, 0.4) is 0 Å². The van der Waals surface area contributed by atoms with Gasteiger partial charge in [0.05, 0.1) is 6.04 Å². The van der Waals surface area contributed by atoms with Crippen LogP contribution in [0, 0.1) is 0 Å². The van der Waals surface area contributed by atoms with Gasteiger partial charge in [-0.1, -0.05) is 36.8 Å². The Labute approximate surface area is 128 Å². The summed E-state index contributed by atoms with van der Waals surface area (Å²) >= 11 is 0. The van der Waals surface area contributed by atoms with Gasteiger partial charge in [0.15, 0.2) is 0 Å². The Balaban J connectivity index is 2.35. The Hall–Kier alpha value is -1.39. The van der Waals surface area contributed by atoms with E-state index in [1.54, 1.807) is 0 Å². The minimum Gasteiger partial charge on any atom is -0.352 e. The van der Waals surface area contributed by atoms with Crippen LogP contribution in [0.2, 0.25) is 0 Å². The maximum atomic E-state index is 12.2. The van der Waals surface area contributed by atoms with E-state index in [0.717, 1.165) is 32.2 Å². The van der Waals surface area contributed by atoms with Crippen molar-refractivity contribution in [2.75, 3.05) is 20.6 Å². The van der Waals surface area contributed by atoms with Crippen LogP contribution in [-0.2, 0) is 11.2 Å². The van der Waals surface area contributed by atoms with E-state index < -0.39 is 0 Å². The molecule has 0 aliphatic rings. The van der Waals surface area contributed by atoms with Gasteiger partial charge in [0.2, 0.25) is 5.91 Å². The number of amides is 1. The van der Waals surface area contributed by atoms with Gasteiger partial charge in [-0.15, -0.1) is 0 Å². The van der Waals surface area contributed by atoms with Gasteiger partial charge in [0, 0.05) is 6.04 Å². The molecule has 1 aromatic carbocycles. The van der Waals surface area contributed by atoms with E-state index >= 15 is 0 Å². The number of likely N-dealkylation sites (N-methyl/N-ethyl adjacent to an activating group) is 1. The highest BCUT2D eigenvalue weighted by Crippen LogP contribution is 2.05. The lowest BCUT2D eigenvalue weighted by molar-refractivity contribution is -0.123. The molecule has 2 atom stereocenters. The third-order valence-electron chi connectivity index (χ3n) is 3.61. The van der Waals surface area contributed by atoms with Gasteiger partial charge >= 0.3 is 0 Å². The predicted molar refractivity (Wildman–Crippen MR) is 88.4 cm³/mol. The lowest BCUT2D eigenvalue weighted by atomic mass is 10.1. The molecule has 4 nitrogen and oxygen atoms in total. The van der Waals surface area contributed by atoms with Crippen molar-refractivity contribution in [1.29, 1.82) is 0 Å². The van der Waals surface area contributed by atoms with Crippen LogP contribution >= 0.6 is 0 Å². The molecule has 0 spiro atoms. The van der Waals surface area contributed by atoms with Crippen LogP contribution in [0.25, 0.3) is 0 Å². The fourth-order valence-corrected chi connectivity index (χ4v) is 2.42. The maximum Gasteiger partial charge on any atom is 0.237 e. The summed E-state index contributed by atoms with van der Waals surface area (Å²) in [5.41, 5.74) is 1.25. The number of carbonyl (C=O) groups is 1. The zero-order valence-corrected chi connectivity index (χ0v) is 13.5. The van der Waals surface area contributed by atoms with Gasteiger partial charge < -0.3 is 16.0 Å². The minimum absolute atomic E-state index is 0.0971. The number of rotatable bonds is 10. The Morgan fingerprint density at radius 3 is 2.48 bits per heavy atom. The molecular weight excluding hydrogens is 262 g/mol. The number of unbranched alkanes of at least 4 members (excludes halogenated alkanes) is 1. The van der Waals surface area contributed by atoms with Gasteiger partial charge in [-0.3, -0.25) is 4.79 Å². The number of benzene rings is 1. The zero-order chi connectivity index (χ0) is 15.5. The molecule has 4 heteroatoms. The van der Waals surface area contributed by atoms with E-state index in [1.807, 2.05) is 32.3 Å². The molecule has 0 aliphatic heterocycles. The second kappa shape index (κ2) is 10.4. The molecule has 0 bridgehead atoms. The van der Waals surface area contributed by atoms with Gasteiger partial charge in [0.25, 0.3) is 0 Å². The third kappa shape index (κ3) is 7.25. The second-order valence-corrected chi connectivity index (χ2v) is 5.54. The highest BCUT2D eigenvalue weighted by molar-refractivity contribution is 5.81. The molecule has 0 aromatic heterocycles. The Morgan fingerprint density at radius 2 is 1.86 bits per heavy atom. The van der Waals surface area contributed by atoms with Crippen LogP contribution in [0.15, 0.2) is 30.3 Å². The molecule has 0 heterocycles. The molecule has 118 valence electrons.